The maximum Gasteiger partial charge on any atom is 0.433 e. The van der Waals surface area contributed by atoms with Crippen molar-refractivity contribution < 1.29 is 13.2 Å². The summed E-state index contributed by atoms with van der Waals surface area (Å²) < 4.78 is 42.2. The Hall–Kier alpha value is -3.16. The van der Waals surface area contributed by atoms with Crippen LogP contribution in [0.5, 0.6) is 0 Å². The van der Waals surface area contributed by atoms with Gasteiger partial charge in [0.2, 0.25) is 5.13 Å². The maximum atomic E-state index is 13.8. The van der Waals surface area contributed by atoms with Gasteiger partial charge >= 0.3 is 6.18 Å². The average molecular weight is 456 g/mol. The fraction of sp³-hybridized carbons (Fsp3) is 0.0435. The van der Waals surface area contributed by atoms with Crippen LogP contribution in [0.3, 0.4) is 0 Å². The van der Waals surface area contributed by atoms with Crippen molar-refractivity contribution in [3.8, 4) is 27.6 Å². The molecule has 31 heavy (non-hydrogen) atoms. The molecule has 8 heteroatoms. The first-order chi connectivity index (χ1) is 14.9. The van der Waals surface area contributed by atoms with Gasteiger partial charge in [0, 0.05) is 21.5 Å². The molecule has 5 aromatic rings. The molecule has 0 amide bonds. The van der Waals surface area contributed by atoms with E-state index < -0.39 is 11.9 Å². The Morgan fingerprint density at radius 1 is 0.806 bits per heavy atom. The van der Waals surface area contributed by atoms with Gasteiger partial charge in [0.05, 0.1) is 11.4 Å². The maximum absolute atomic E-state index is 13.8. The molecule has 0 saturated heterocycles. The Morgan fingerprint density at radius 3 is 2.26 bits per heavy atom. The van der Waals surface area contributed by atoms with Gasteiger partial charge in [-0.25, -0.2) is 9.67 Å². The highest BCUT2D eigenvalue weighted by Crippen LogP contribution is 2.36. The zero-order chi connectivity index (χ0) is 21.6. The van der Waals surface area contributed by atoms with Gasteiger partial charge in [0.15, 0.2) is 5.69 Å². The number of rotatable bonds is 3. The third-order valence-electron chi connectivity index (χ3n) is 4.86. The molecule has 0 N–H and O–H groups in total. The summed E-state index contributed by atoms with van der Waals surface area (Å²) in [5, 5.41) is 8.63. The Kier molecular flexibility index (Phi) is 4.79. The molecule has 0 unspecified atom stereocenters. The van der Waals surface area contributed by atoms with Gasteiger partial charge in [-0.1, -0.05) is 60.1 Å². The highest BCUT2D eigenvalue weighted by Gasteiger charge is 2.37. The molecular formula is C23H13ClF3N3S. The quantitative estimate of drug-likeness (QED) is 0.282. The third kappa shape index (κ3) is 3.82. The number of hydrogen-bond donors (Lipinski definition) is 0. The van der Waals surface area contributed by atoms with E-state index in [1.807, 2.05) is 36.4 Å². The molecule has 0 aliphatic rings. The number of hydrogen-bond acceptors (Lipinski definition) is 3. The Labute approximate surface area is 184 Å². The minimum atomic E-state index is -4.58. The van der Waals surface area contributed by atoms with Crippen LogP contribution < -0.4 is 0 Å². The fourth-order valence-electron chi connectivity index (χ4n) is 3.33. The summed E-state index contributed by atoms with van der Waals surface area (Å²) in [4.78, 5) is 4.39. The number of aromatic nitrogens is 3. The van der Waals surface area contributed by atoms with E-state index in [9.17, 15) is 13.2 Å². The van der Waals surface area contributed by atoms with Crippen LogP contribution in [-0.4, -0.2) is 14.8 Å². The summed E-state index contributed by atoms with van der Waals surface area (Å²) in [7, 11) is 0. The van der Waals surface area contributed by atoms with E-state index in [1.54, 1.807) is 35.7 Å². The van der Waals surface area contributed by atoms with E-state index in [-0.39, 0.29) is 10.8 Å². The van der Waals surface area contributed by atoms with Crippen molar-refractivity contribution in [1.29, 1.82) is 0 Å². The second-order valence-corrected chi connectivity index (χ2v) is 8.18. The molecule has 3 aromatic carbocycles. The van der Waals surface area contributed by atoms with Crippen LogP contribution in [0.15, 0.2) is 78.2 Å². The van der Waals surface area contributed by atoms with E-state index in [2.05, 4.69) is 10.1 Å². The second kappa shape index (κ2) is 7.51. The number of halogens is 4. The molecule has 0 spiro atoms. The third-order valence-corrected chi connectivity index (χ3v) is 5.93. The molecule has 0 aliphatic heterocycles. The average Bonchev–Trinajstić information content (AvgIpc) is 3.41. The van der Waals surface area contributed by atoms with Gasteiger partial charge in [-0.15, -0.1) is 11.3 Å². The smallest absolute Gasteiger partial charge is 0.218 e. The molecule has 0 bridgehead atoms. The Morgan fingerprint density at radius 2 is 1.52 bits per heavy atom. The van der Waals surface area contributed by atoms with Crippen molar-refractivity contribution >= 4 is 33.7 Å². The van der Waals surface area contributed by atoms with Gasteiger partial charge in [-0.2, -0.15) is 18.3 Å². The van der Waals surface area contributed by atoms with Crippen molar-refractivity contribution in [1.82, 2.24) is 14.8 Å². The number of alkyl halides is 3. The predicted molar refractivity (Wildman–Crippen MR) is 118 cm³/mol. The van der Waals surface area contributed by atoms with Gasteiger partial charge in [0.1, 0.15) is 0 Å². The zero-order valence-electron chi connectivity index (χ0n) is 15.8. The molecule has 5 rings (SSSR count). The number of fused-ring (bicyclic) bond motifs is 1. The van der Waals surface area contributed by atoms with Gasteiger partial charge < -0.3 is 0 Å². The molecule has 0 fully saturated rings. The van der Waals surface area contributed by atoms with Gasteiger partial charge in [0.25, 0.3) is 0 Å². The molecule has 0 saturated carbocycles. The number of thiazole rings is 1. The van der Waals surface area contributed by atoms with Crippen molar-refractivity contribution in [2.45, 2.75) is 6.18 Å². The van der Waals surface area contributed by atoms with Crippen LogP contribution in [-0.2, 0) is 6.18 Å². The van der Waals surface area contributed by atoms with E-state index in [4.69, 9.17) is 11.6 Å². The molecule has 2 aromatic heterocycles. The number of benzene rings is 3. The molecule has 0 atom stereocenters. The van der Waals surface area contributed by atoms with E-state index >= 15 is 0 Å². The second-order valence-electron chi connectivity index (χ2n) is 6.91. The Bertz CT molecular complexity index is 1390. The fourth-order valence-corrected chi connectivity index (χ4v) is 4.26. The standard InChI is InChI=1S/C23H13ClF3N3S/c24-18-9-7-15(8-10-18)20-13-31-22(28-20)30-21(23(25,26)27)12-19(29-30)17-6-5-14-3-1-2-4-16(14)11-17/h1-13H. The molecule has 3 nitrogen and oxygen atoms in total. The summed E-state index contributed by atoms with van der Waals surface area (Å²) in [5.74, 6) is 0. The monoisotopic (exact) mass is 455 g/mol. The molecule has 0 radical (unpaired) electrons. The van der Waals surface area contributed by atoms with E-state index in [0.717, 1.165) is 38.4 Å². The van der Waals surface area contributed by atoms with Gasteiger partial charge in [-0.05, 0) is 35.0 Å². The van der Waals surface area contributed by atoms with Gasteiger partial charge in [-0.3, -0.25) is 0 Å². The topological polar surface area (TPSA) is 30.7 Å². The zero-order valence-corrected chi connectivity index (χ0v) is 17.3. The molecular weight excluding hydrogens is 443 g/mol. The lowest BCUT2D eigenvalue weighted by Gasteiger charge is -2.07. The lowest BCUT2D eigenvalue weighted by atomic mass is 10.1. The van der Waals surface area contributed by atoms with Crippen LogP contribution in [0.25, 0.3) is 38.4 Å². The van der Waals surface area contributed by atoms with Crippen molar-refractivity contribution in [3.05, 3.63) is 88.9 Å². The summed E-state index contributed by atoms with van der Waals surface area (Å²) >= 11 is 7.01. The summed E-state index contributed by atoms with van der Waals surface area (Å²) in [6.07, 6.45) is -4.58. The summed E-state index contributed by atoms with van der Waals surface area (Å²) in [6, 6.07) is 21.2. The highest BCUT2D eigenvalue weighted by atomic mass is 35.5. The van der Waals surface area contributed by atoms with E-state index in [0.29, 0.717) is 16.3 Å². The van der Waals surface area contributed by atoms with Crippen LogP contribution >= 0.6 is 22.9 Å². The first kappa shape index (κ1) is 19.8. The Balaban J connectivity index is 1.60. The lowest BCUT2D eigenvalue weighted by molar-refractivity contribution is -0.142. The van der Waals surface area contributed by atoms with Crippen molar-refractivity contribution in [2.24, 2.45) is 0 Å². The minimum Gasteiger partial charge on any atom is -0.218 e. The van der Waals surface area contributed by atoms with Crippen LogP contribution in [0.2, 0.25) is 5.02 Å². The summed E-state index contributed by atoms with van der Waals surface area (Å²) in [6.45, 7) is 0. The normalized spacial score (nSPS) is 11.9. The van der Waals surface area contributed by atoms with Crippen LogP contribution in [0, 0.1) is 0 Å². The largest absolute Gasteiger partial charge is 0.433 e. The summed E-state index contributed by atoms with van der Waals surface area (Å²) in [5.41, 5.74) is 1.31. The van der Waals surface area contributed by atoms with E-state index in [1.165, 1.54) is 0 Å². The van der Waals surface area contributed by atoms with Crippen LogP contribution in [0.1, 0.15) is 5.69 Å². The first-order valence-corrected chi connectivity index (χ1v) is 10.5. The SMILES string of the molecule is FC(F)(F)c1cc(-c2ccc3ccccc3c2)nn1-c1nc(-c2ccc(Cl)cc2)cs1. The minimum absolute atomic E-state index is 0.143. The van der Waals surface area contributed by atoms with Crippen LogP contribution in [0.4, 0.5) is 13.2 Å². The lowest BCUT2D eigenvalue weighted by Crippen LogP contribution is -2.13. The molecule has 2 heterocycles. The number of nitrogens with zero attached hydrogens (tertiary/aromatic N) is 3. The van der Waals surface area contributed by atoms with Crippen molar-refractivity contribution in [2.75, 3.05) is 0 Å². The van der Waals surface area contributed by atoms with Crippen molar-refractivity contribution in [3.63, 3.8) is 0 Å². The predicted octanol–water partition coefficient (Wildman–Crippen LogP) is 7.49. The molecule has 154 valence electrons. The molecule has 0 aliphatic carbocycles. The first-order valence-electron chi connectivity index (χ1n) is 9.27. The highest BCUT2D eigenvalue weighted by molar-refractivity contribution is 7.12.